The van der Waals surface area contributed by atoms with Crippen LogP contribution in [0.15, 0.2) is 53.4 Å². The molecule has 9 nitrogen and oxygen atoms in total. The zero-order valence-corrected chi connectivity index (χ0v) is 24.2. The molecule has 3 aromatic rings. The third-order valence-electron chi connectivity index (χ3n) is 5.48. The van der Waals surface area contributed by atoms with E-state index in [1.165, 1.54) is 12.1 Å². The van der Waals surface area contributed by atoms with Gasteiger partial charge in [-0.25, -0.2) is 26.8 Å². The highest BCUT2D eigenvalue weighted by atomic mass is 35.5. The summed E-state index contributed by atoms with van der Waals surface area (Å²) in [6.45, 7) is 5.21. The highest BCUT2D eigenvalue weighted by Gasteiger charge is 2.27. The number of sulfone groups is 1. The van der Waals surface area contributed by atoms with Crippen molar-refractivity contribution >= 4 is 33.5 Å². The number of nitrogens with one attached hydrogen (secondary N) is 1. The van der Waals surface area contributed by atoms with Crippen molar-refractivity contribution in [2.45, 2.75) is 37.0 Å². The lowest BCUT2D eigenvalue weighted by atomic mass is 10.0. The summed E-state index contributed by atoms with van der Waals surface area (Å²) >= 11 is 6.04. The van der Waals surface area contributed by atoms with E-state index in [1.54, 1.807) is 32.9 Å². The molecule has 0 fully saturated rings. The number of para-hydroxylation sites is 1. The Balaban J connectivity index is 1.91. The zero-order valence-electron chi connectivity index (χ0n) is 22.6. The number of carbonyl (C=O) groups excluding carboxylic acids is 1. The van der Waals surface area contributed by atoms with Gasteiger partial charge in [0.2, 0.25) is 0 Å². The van der Waals surface area contributed by atoms with Crippen LogP contribution in [-0.2, 0) is 20.3 Å². The van der Waals surface area contributed by atoms with Crippen molar-refractivity contribution in [2.24, 2.45) is 0 Å². The first-order valence-electron chi connectivity index (χ1n) is 12.1. The van der Waals surface area contributed by atoms with Gasteiger partial charge in [0.15, 0.2) is 15.6 Å². The summed E-state index contributed by atoms with van der Waals surface area (Å²) in [5.41, 5.74) is -1.42. The van der Waals surface area contributed by atoms with Gasteiger partial charge < -0.3 is 24.6 Å². The lowest BCUT2D eigenvalue weighted by Crippen LogP contribution is -2.34. The van der Waals surface area contributed by atoms with Crippen LogP contribution in [0.2, 0.25) is 5.02 Å². The number of rotatable bonds is 10. The quantitative estimate of drug-likeness (QED) is 0.273. The second-order valence-corrected chi connectivity index (χ2v) is 12.1. The number of benzene rings is 3. The van der Waals surface area contributed by atoms with E-state index in [2.05, 4.69) is 5.32 Å². The number of aromatic carboxylic acids is 1. The van der Waals surface area contributed by atoms with Crippen LogP contribution in [0.1, 0.15) is 36.7 Å². The first-order chi connectivity index (χ1) is 19.1. The molecule has 3 rings (SSSR count). The summed E-state index contributed by atoms with van der Waals surface area (Å²) in [4.78, 5) is 22.7. The molecule has 0 spiro atoms. The van der Waals surface area contributed by atoms with E-state index in [4.69, 9.17) is 25.8 Å². The van der Waals surface area contributed by atoms with Gasteiger partial charge in [-0.2, -0.15) is 0 Å². The minimum absolute atomic E-state index is 0.0131. The van der Waals surface area contributed by atoms with Crippen LogP contribution in [0.4, 0.5) is 13.6 Å². The SMILES string of the molecule is COc1c(Cl)cc(C(=O)O)cc1S(=O)(=O)Cc1cc(-c2ccccc2OCCNC(=O)OC(C)(C)C)c(F)cc1F. The summed E-state index contributed by atoms with van der Waals surface area (Å²) in [6, 6.07) is 9.73. The van der Waals surface area contributed by atoms with Crippen molar-refractivity contribution in [3.8, 4) is 22.6 Å². The molecule has 0 aliphatic carbocycles. The number of alkyl carbamates (subject to hydrolysis) is 1. The lowest BCUT2D eigenvalue weighted by molar-refractivity contribution is 0.0519. The van der Waals surface area contributed by atoms with Crippen LogP contribution in [-0.4, -0.2) is 51.4 Å². The molecule has 13 heteroatoms. The molecule has 1 amide bonds. The van der Waals surface area contributed by atoms with E-state index in [1.807, 2.05) is 0 Å². The molecule has 0 aromatic heterocycles. The van der Waals surface area contributed by atoms with Crippen molar-refractivity contribution in [3.05, 3.63) is 76.3 Å². The van der Waals surface area contributed by atoms with E-state index in [9.17, 15) is 31.9 Å². The van der Waals surface area contributed by atoms with Crippen LogP contribution in [0.25, 0.3) is 11.1 Å². The van der Waals surface area contributed by atoms with Crippen LogP contribution >= 0.6 is 11.6 Å². The molecule has 0 radical (unpaired) electrons. The van der Waals surface area contributed by atoms with E-state index in [-0.39, 0.29) is 46.4 Å². The molecule has 0 saturated carbocycles. The standard InChI is InChI=1S/C28H28ClF2NO8S/c1-28(2,3)40-27(35)32-9-10-39-23-8-6-5-7-18(23)19-11-17(21(30)14-22(19)31)15-41(36,37)24-13-16(26(33)34)12-20(29)25(24)38-4/h5-8,11-14H,9-10,15H2,1-4H3,(H,32,35)(H,33,34). The van der Waals surface area contributed by atoms with E-state index in [0.29, 0.717) is 6.07 Å². The maximum Gasteiger partial charge on any atom is 0.407 e. The fourth-order valence-corrected chi connectivity index (χ4v) is 5.68. The van der Waals surface area contributed by atoms with Gasteiger partial charge >= 0.3 is 12.1 Å². The predicted molar refractivity (Wildman–Crippen MR) is 147 cm³/mol. The number of hydrogen-bond donors (Lipinski definition) is 2. The fourth-order valence-electron chi connectivity index (χ4n) is 3.76. The molecule has 0 saturated heterocycles. The lowest BCUT2D eigenvalue weighted by Gasteiger charge is -2.20. The molecule has 0 bridgehead atoms. The first-order valence-corrected chi connectivity index (χ1v) is 14.2. The summed E-state index contributed by atoms with van der Waals surface area (Å²) in [5, 5.41) is 11.6. The van der Waals surface area contributed by atoms with Gasteiger partial charge in [-0.1, -0.05) is 29.8 Å². The molecular formula is C28H28ClF2NO8S. The molecule has 0 aliphatic rings. The number of carbonyl (C=O) groups is 2. The summed E-state index contributed by atoms with van der Waals surface area (Å²) in [5.74, 6) is -4.60. The monoisotopic (exact) mass is 611 g/mol. The smallest absolute Gasteiger partial charge is 0.407 e. The van der Waals surface area contributed by atoms with Gasteiger partial charge in [-0.3, -0.25) is 0 Å². The van der Waals surface area contributed by atoms with Crippen molar-refractivity contribution in [2.75, 3.05) is 20.3 Å². The molecule has 2 N–H and O–H groups in total. The maximum atomic E-state index is 15.0. The Morgan fingerprint density at radius 2 is 1.71 bits per heavy atom. The number of carboxylic acid groups (broad SMARTS) is 1. The Labute approximate surface area is 240 Å². The summed E-state index contributed by atoms with van der Waals surface area (Å²) in [6.07, 6.45) is -0.642. The van der Waals surface area contributed by atoms with Gasteiger partial charge in [0.25, 0.3) is 0 Å². The van der Waals surface area contributed by atoms with Gasteiger partial charge in [0.1, 0.15) is 34.5 Å². The number of methoxy groups -OCH3 is 1. The molecule has 0 atom stereocenters. The molecule has 41 heavy (non-hydrogen) atoms. The van der Waals surface area contributed by atoms with E-state index < -0.39 is 55.3 Å². The van der Waals surface area contributed by atoms with Gasteiger partial charge in [0.05, 0.1) is 30.0 Å². The third kappa shape index (κ3) is 8.08. The highest BCUT2D eigenvalue weighted by molar-refractivity contribution is 7.90. The maximum absolute atomic E-state index is 15.0. The molecule has 0 unspecified atom stereocenters. The second-order valence-electron chi connectivity index (χ2n) is 9.75. The van der Waals surface area contributed by atoms with Crippen molar-refractivity contribution in [3.63, 3.8) is 0 Å². The Kier molecular flexibility index (Phi) is 9.82. The van der Waals surface area contributed by atoms with Crippen LogP contribution in [0.3, 0.4) is 0 Å². The summed E-state index contributed by atoms with van der Waals surface area (Å²) in [7, 11) is -3.29. The van der Waals surface area contributed by atoms with Crippen molar-refractivity contribution in [1.29, 1.82) is 0 Å². The van der Waals surface area contributed by atoms with E-state index in [0.717, 1.165) is 25.3 Å². The van der Waals surface area contributed by atoms with Gasteiger partial charge in [-0.05, 0) is 45.0 Å². The largest absolute Gasteiger partial charge is 0.494 e. The number of halogens is 3. The highest BCUT2D eigenvalue weighted by Crippen LogP contribution is 2.37. The van der Waals surface area contributed by atoms with Crippen LogP contribution < -0.4 is 14.8 Å². The average molecular weight is 612 g/mol. The predicted octanol–water partition coefficient (Wildman–Crippen LogP) is 5.87. The van der Waals surface area contributed by atoms with Gasteiger partial charge in [-0.15, -0.1) is 0 Å². The van der Waals surface area contributed by atoms with Crippen LogP contribution in [0.5, 0.6) is 11.5 Å². The molecule has 220 valence electrons. The van der Waals surface area contributed by atoms with Crippen molar-refractivity contribution in [1.82, 2.24) is 5.32 Å². The Morgan fingerprint density at radius 3 is 2.34 bits per heavy atom. The second kappa shape index (κ2) is 12.7. The van der Waals surface area contributed by atoms with E-state index >= 15 is 0 Å². The average Bonchev–Trinajstić information content (AvgIpc) is 2.87. The Hall–Kier alpha value is -3.90. The topological polar surface area (TPSA) is 128 Å². The number of amides is 1. The van der Waals surface area contributed by atoms with Crippen LogP contribution in [0, 0.1) is 11.6 Å². The summed E-state index contributed by atoms with van der Waals surface area (Å²) < 4.78 is 72.4. The number of carboxylic acids is 1. The first kappa shape index (κ1) is 31.6. The number of hydrogen-bond acceptors (Lipinski definition) is 7. The minimum Gasteiger partial charge on any atom is -0.494 e. The molecular weight excluding hydrogens is 584 g/mol. The van der Waals surface area contributed by atoms with Crippen molar-refractivity contribution < 1.29 is 46.1 Å². The molecule has 0 heterocycles. The number of ether oxygens (including phenoxy) is 3. The third-order valence-corrected chi connectivity index (χ3v) is 7.43. The Morgan fingerprint density at radius 1 is 1.02 bits per heavy atom. The molecule has 0 aliphatic heterocycles. The van der Waals surface area contributed by atoms with Gasteiger partial charge in [0, 0.05) is 22.8 Å². The molecule has 3 aromatic carbocycles. The zero-order chi connectivity index (χ0) is 30.5. The fraction of sp³-hybridized carbons (Fsp3) is 0.286. The normalized spacial score (nSPS) is 11.6. The Bertz CT molecular complexity index is 1570. The minimum atomic E-state index is -4.44.